The van der Waals surface area contributed by atoms with Crippen molar-refractivity contribution in [1.29, 1.82) is 0 Å². The van der Waals surface area contributed by atoms with Crippen LogP contribution in [-0.4, -0.2) is 30.8 Å². The highest BCUT2D eigenvalue weighted by Gasteiger charge is 2.49. The quantitative estimate of drug-likeness (QED) is 0.619. The molecule has 3 aliphatic rings. The van der Waals surface area contributed by atoms with Crippen LogP contribution in [0.5, 0.6) is 11.6 Å². The van der Waals surface area contributed by atoms with Crippen LogP contribution in [0.1, 0.15) is 23.6 Å². The molecular weight excluding hydrogens is 433 g/mol. The summed E-state index contributed by atoms with van der Waals surface area (Å²) < 4.78 is 32.0. The van der Waals surface area contributed by atoms with Crippen LogP contribution in [0.3, 0.4) is 0 Å². The maximum absolute atomic E-state index is 14.8. The number of aromatic nitrogens is 1. The van der Waals surface area contributed by atoms with E-state index < -0.39 is 11.4 Å². The lowest BCUT2D eigenvalue weighted by atomic mass is 9.77. The first kappa shape index (κ1) is 19.5. The molecule has 3 aliphatic heterocycles. The van der Waals surface area contributed by atoms with Crippen molar-refractivity contribution in [2.75, 3.05) is 19.8 Å². The van der Waals surface area contributed by atoms with Crippen molar-refractivity contribution in [1.82, 2.24) is 4.98 Å². The fourth-order valence-corrected chi connectivity index (χ4v) is 4.70. The van der Waals surface area contributed by atoms with Gasteiger partial charge in [-0.05, 0) is 35.4 Å². The fraction of sp³-hybridized carbons (Fsp3) is 0.250. The van der Waals surface area contributed by atoms with E-state index in [9.17, 15) is 4.39 Å². The van der Waals surface area contributed by atoms with Crippen molar-refractivity contribution in [2.45, 2.75) is 17.9 Å². The second-order valence-corrected chi connectivity index (χ2v) is 9.05. The molecule has 0 amide bonds. The largest absolute Gasteiger partial charge is 0.462 e. The van der Waals surface area contributed by atoms with Gasteiger partial charge in [-0.15, -0.1) is 0 Å². The topological polar surface area (TPSA) is 79.0 Å². The molecular formula is C24H19ClFN3O3. The molecule has 1 atom stereocenters. The lowest BCUT2D eigenvalue weighted by molar-refractivity contribution is -0.0502. The van der Waals surface area contributed by atoms with Crippen LogP contribution in [0.4, 0.5) is 4.39 Å². The van der Waals surface area contributed by atoms with Gasteiger partial charge in [-0.25, -0.2) is 14.4 Å². The number of hydrogen-bond donors (Lipinski definition) is 1. The fourth-order valence-electron chi connectivity index (χ4n) is 4.53. The van der Waals surface area contributed by atoms with Gasteiger partial charge in [0.25, 0.3) is 6.02 Å². The third kappa shape index (κ3) is 2.68. The Bertz CT molecular complexity index is 1310. The maximum atomic E-state index is 14.8. The van der Waals surface area contributed by atoms with Gasteiger partial charge in [0.1, 0.15) is 18.2 Å². The summed E-state index contributed by atoms with van der Waals surface area (Å²) >= 11 is 6.02. The first-order valence-electron chi connectivity index (χ1n) is 10.2. The molecule has 0 saturated carbocycles. The van der Waals surface area contributed by atoms with E-state index in [0.717, 1.165) is 16.7 Å². The monoisotopic (exact) mass is 451 g/mol. The van der Waals surface area contributed by atoms with Crippen molar-refractivity contribution < 1.29 is 18.6 Å². The first-order valence-corrected chi connectivity index (χ1v) is 10.6. The molecule has 2 aromatic carbocycles. The molecule has 0 unspecified atom stereocenters. The maximum Gasteiger partial charge on any atom is 0.283 e. The molecule has 0 bridgehead atoms. The number of amidine groups is 1. The average Bonchev–Trinajstić information content (AvgIpc) is 3.16. The molecule has 1 saturated heterocycles. The molecule has 6 nitrogen and oxygen atoms in total. The zero-order valence-corrected chi connectivity index (χ0v) is 17.9. The third-order valence-electron chi connectivity index (χ3n) is 6.46. The van der Waals surface area contributed by atoms with Crippen LogP contribution >= 0.6 is 11.6 Å². The number of hydrogen-bond acceptors (Lipinski definition) is 6. The van der Waals surface area contributed by atoms with Crippen molar-refractivity contribution in [3.05, 3.63) is 76.2 Å². The minimum atomic E-state index is -0.942. The summed E-state index contributed by atoms with van der Waals surface area (Å²) in [6.07, 6.45) is 1.82. The van der Waals surface area contributed by atoms with E-state index in [1.807, 2.05) is 18.3 Å². The number of halogens is 2. The highest BCUT2D eigenvalue weighted by atomic mass is 35.5. The SMILES string of the molecule is CC1(c2cnc3c(c2)[C@]2(COC(N)=N2)c2cc(-c4cccc(Cl)c4F)ccc2O3)COC1. The summed E-state index contributed by atoms with van der Waals surface area (Å²) in [5, 5.41) is 0.0628. The molecule has 1 aromatic heterocycles. The molecule has 3 aromatic rings. The van der Waals surface area contributed by atoms with Crippen molar-refractivity contribution in [3.8, 4) is 22.8 Å². The second-order valence-electron chi connectivity index (χ2n) is 8.64. The number of nitrogens with two attached hydrogens (primary N) is 1. The van der Waals surface area contributed by atoms with Gasteiger partial charge in [0.2, 0.25) is 5.88 Å². The second kappa shape index (κ2) is 6.67. The Morgan fingerprint density at radius 3 is 2.66 bits per heavy atom. The van der Waals surface area contributed by atoms with E-state index in [-0.39, 0.29) is 23.1 Å². The highest BCUT2D eigenvalue weighted by molar-refractivity contribution is 6.31. The minimum Gasteiger partial charge on any atom is -0.462 e. The van der Waals surface area contributed by atoms with E-state index in [0.29, 0.717) is 36.0 Å². The smallest absolute Gasteiger partial charge is 0.283 e. The highest BCUT2D eigenvalue weighted by Crippen LogP contribution is 2.52. The molecule has 6 rings (SSSR count). The number of ether oxygens (including phenoxy) is 3. The van der Waals surface area contributed by atoms with Crippen LogP contribution in [-0.2, 0) is 20.4 Å². The zero-order chi connectivity index (χ0) is 22.1. The van der Waals surface area contributed by atoms with Crippen LogP contribution in [0, 0.1) is 5.82 Å². The molecule has 162 valence electrons. The number of nitrogens with zero attached hydrogens (tertiary/aromatic N) is 2. The van der Waals surface area contributed by atoms with Crippen LogP contribution in [0.25, 0.3) is 11.1 Å². The summed E-state index contributed by atoms with van der Waals surface area (Å²) in [6.45, 7) is 3.57. The predicted octanol–water partition coefficient (Wildman–Crippen LogP) is 4.52. The Morgan fingerprint density at radius 1 is 1.09 bits per heavy atom. The van der Waals surface area contributed by atoms with Crippen molar-refractivity contribution in [2.24, 2.45) is 10.7 Å². The molecule has 0 radical (unpaired) electrons. The van der Waals surface area contributed by atoms with Gasteiger partial charge in [-0.3, -0.25) is 0 Å². The average molecular weight is 452 g/mol. The molecule has 2 N–H and O–H groups in total. The summed E-state index contributed by atoms with van der Waals surface area (Å²) in [5.74, 6) is 0.547. The van der Waals surface area contributed by atoms with Gasteiger partial charge >= 0.3 is 0 Å². The molecule has 32 heavy (non-hydrogen) atoms. The van der Waals surface area contributed by atoms with Gasteiger partial charge in [0.15, 0.2) is 5.54 Å². The normalized spacial score (nSPS) is 22.3. The first-order chi connectivity index (χ1) is 15.4. The lowest BCUT2D eigenvalue weighted by Crippen LogP contribution is -2.44. The van der Waals surface area contributed by atoms with Crippen molar-refractivity contribution >= 4 is 17.6 Å². The number of rotatable bonds is 2. The van der Waals surface area contributed by atoms with E-state index in [1.165, 1.54) is 6.07 Å². The predicted molar refractivity (Wildman–Crippen MR) is 118 cm³/mol. The minimum absolute atomic E-state index is 0.0628. The van der Waals surface area contributed by atoms with Crippen LogP contribution in [0.15, 0.2) is 53.7 Å². The van der Waals surface area contributed by atoms with E-state index in [1.54, 1.807) is 24.3 Å². The summed E-state index contributed by atoms with van der Waals surface area (Å²) in [6, 6.07) is 12.5. The van der Waals surface area contributed by atoms with Gasteiger partial charge in [0.05, 0.1) is 23.8 Å². The lowest BCUT2D eigenvalue weighted by Gasteiger charge is -2.40. The molecule has 0 aliphatic carbocycles. The summed E-state index contributed by atoms with van der Waals surface area (Å²) in [4.78, 5) is 9.30. The standard InChI is InChI=1S/C24H19ClFN3O3/c1-23(10-30-11-23)14-8-17-21(28-9-14)32-19-6-5-13(15-3-2-4-18(25)20(15)26)7-16(19)24(17)12-31-22(27)29-24/h2-9H,10-12H2,1H3,(H2,27,29)/t24-/m0/s1. The van der Waals surface area contributed by atoms with Gasteiger partial charge in [-0.2, -0.15) is 0 Å². The van der Waals surface area contributed by atoms with E-state index in [4.69, 9.17) is 36.5 Å². The molecule has 1 spiro atoms. The van der Waals surface area contributed by atoms with Gasteiger partial charge < -0.3 is 19.9 Å². The van der Waals surface area contributed by atoms with Crippen LogP contribution in [0.2, 0.25) is 5.02 Å². The number of fused-ring (bicyclic) bond motifs is 4. The molecule has 4 heterocycles. The van der Waals surface area contributed by atoms with Crippen molar-refractivity contribution in [3.63, 3.8) is 0 Å². The molecule has 1 fully saturated rings. The zero-order valence-electron chi connectivity index (χ0n) is 17.2. The number of aliphatic imine (C=N–C) groups is 1. The summed E-state index contributed by atoms with van der Waals surface area (Å²) in [5.41, 5.74) is 8.49. The number of benzene rings is 2. The number of pyridine rings is 1. The Kier molecular flexibility index (Phi) is 4.07. The Morgan fingerprint density at radius 2 is 1.94 bits per heavy atom. The Balaban J connectivity index is 1.56. The van der Waals surface area contributed by atoms with Gasteiger partial charge in [0, 0.05) is 22.7 Å². The molecule has 8 heteroatoms. The Hall–Kier alpha value is -3.16. The van der Waals surface area contributed by atoms with E-state index >= 15 is 0 Å². The van der Waals surface area contributed by atoms with E-state index in [2.05, 4.69) is 11.9 Å². The summed E-state index contributed by atoms with van der Waals surface area (Å²) in [7, 11) is 0. The van der Waals surface area contributed by atoms with Crippen LogP contribution < -0.4 is 10.5 Å². The third-order valence-corrected chi connectivity index (χ3v) is 6.75. The Labute approximate surface area is 188 Å². The van der Waals surface area contributed by atoms with Gasteiger partial charge in [-0.1, -0.05) is 36.7 Å².